The minimum Gasteiger partial charge on any atom is -0.462 e. The first-order valence-electron chi connectivity index (χ1n) is 47.1. The highest BCUT2D eigenvalue weighted by molar-refractivity contribution is 7.47. The van der Waals surface area contributed by atoms with E-state index in [0.717, 1.165) is 95.8 Å². The van der Waals surface area contributed by atoms with Gasteiger partial charge in [-0.05, 0) is 31.6 Å². The Morgan fingerprint density at radius 2 is 0.418 bits per heavy atom. The lowest BCUT2D eigenvalue weighted by molar-refractivity contribution is -0.161. The molecule has 0 aromatic rings. The van der Waals surface area contributed by atoms with Gasteiger partial charge in [0.25, 0.3) is 0 Å². The van der Waals surface area contributed by atoms with Crippen LogP contribution in [0.3, 0.4) is 0 Å². The highest BCUT2D eigenvalue weighted by Crippen LogP contribution is 2.45. The van der Waals surface area contributed by atoms with Gasteiger partial charge in [-0.1, -0.05) is 446 Å². The molecule has 0 fully saturated rings. The van der Waals surface area contributed by atoms with Crippen molar-refractivity contribution in [1.29, 1.82) is 0 Å². The Labute approximate surface area is 677 Å². The molecule has 19 heteroatoms. The van der Waals surface area contributed by atoms with E-state index in [1.807, 2.05) is 0 Å². The summed E-state index contributed by atoms with van der Waals surface area (Å²) in [7, 11) is -9.93. The lowest BCUT2D eigenvalue weighted by Crippen LogP contribution is -2.30. The van der Waals surface area contributed by atoms with Gasteiger partial charge in [-0.3, -0.25) is 37.3 Å². The lowest BCUT2D eigenvalue weighted by Gasteiger charge is -2.21. The Balaban J connectivity index is 5.22. The first-order chi connectivity index (χ1) is 53.5. The van der Waals surface area contributed by atoms with Gasteiger partial charge in [0, 0.05) is 25.7 Å². The number of hydrogen-bond donors (Lipinski definition) is 3. The van der Waals surface area contributed by atoms with E-state index in [0.29, 0.717) is 25.7 Å². The third kappa shape index (κ3) is 84.0. The minimum absolute atomic E-state index is 0.108. The second-order valence-electron chi connectivity index (χ2n) is 33.2. The van der Waals surface area contributed by atoms with Gasteiger partial charge < -0.3 is 33.8 Å². The number of rotatable bonds is 91. The molecule has 0 saturated carbocycles. The SMILES string of the molecule is CCCCCCCCCCCCCCCCCCCCCCCCC(=O)O[C@H](COC(=O)CCCCCCCCCCCCCCCCCCCCCC)COP(=O)(O)OC[C@@H](O)COP(=O)(O)OC[C@@H](COC(=O)CCCCCCCCCCCCC)OC(=O)CCCCCCCCCCCCCCCCC(C)C. The topological polar surface area (TPSA) is 237 Å². The zero-order valence-corrected chi connectivity index (χ0v) is 74.2. The first-order valence-corrected chi connectivity index (χ1v) is 50.1. The predicted molar refractivity (Wildman–Crippen MR) is 455 cm³/mol. The van der Waals surface area contributed by atoms with Crippen LogP contribution in [0.1, 0.15) is 497 Å². The summed E-state index contributed by atoms with van der Waals surface area (Å²) >= 11 is 0. The molecule has 0 spiro atoms. The van der Waals surface area contributed by atoms with Crippen LogP contribution in [0, 0.1) is 5.92 Å². The molecule has 0 radical (unpaired) electrons. The zero-order chi connectivity index (χ0) is 80.4. The molecule has 0 heterocycles. The maximum Gasteiger partial charge on any atom is 0.472 e. The number of hydrogen-bond acceptors (Lipinski definition) is 15. The van der Waals surface area contributed by atoms with Crippen LogP contribution in [-0.2, 0) is 65.4 Å². The van der Waals surface area contributed by atoms with Crippen LogP contribution in [0.2, 0.25) is 0 Å². The number of carbonyl (C=O) groups excluding carboxylic acids is 4. The van der Waals surface area contributed by atoms with Crippen LogP contribution >= 0.6 is 15.6 Å². The van der Waals surface area contributed by atoms with Gasteiger partial charge in [0.1, 0.15) is 19.3 Å². The molecule has 2 unspecified atom stereocenters. The number of aliphatic hydroxyl groups excluding tert-OH is 1. The van der Waals surface area contributed by atoms with Crippen LogP contribution < -0.4 is 0 Å². The van der Waals surface area contributed by atoms with Gasteiger partial charge in [-0.2, -0.15) is 0 Å². The zero-order valence-electron chi connectivity index (χ0n) is 72.4. The Bertz CT molecular complexity index is 2080. The van der Waals surface area contributed by atoms with E-state index >= 15 is 0 Å². The van der Waals surface area contributed by atoms with Gasteiger partial charge in [0.15, 0.2) is 12.2 Å². The maximum atomic E-state index is 13.2. The Morgan fingerprint density at radius 3 is 0.618 bits per heavy atom. The second-order valence-corrected chi connectivity index (χ2v) is 36.1. The largest absolute Gasteiger partial charge is 0.472 e. The van der Waals surface area contributed by atoms with Crippen molar-refractivity contribution in [1.82, 2.24) is 0 Å². The number of aliphatic hydroxyl groups is 1. The summed E-state index contributed by atoms with van der Waals surface area (Å²) in [6.07, 6.45) is 79.3. The summed E-state index contributed by atoms with van der Waals surface area (Å²) in [5.74, 6) is -1.30. The van der Waals surface area contributed by atoms with E-state index in [1.54, 1.807) is 0 Å². The van der Waals surface area contributed by atoms with E-state index in [9.17, 15) is 43.2 Å². The molecule has 0 aliphatic heterocycles. The van der Waals surface area contributed by atoms with Crippen molar-refractivity contribution in [2.24, 2.45) is 5.92 Å². The van der Waals surface area contributed by atoms with Crippen molar-refractivity contribution < 1.29 is 80.2 Å². The van der Waals surface area contributed by atoms with Crippen LogP contribution in [0.4, 0.5) is 0 Å². The van der Waals surface area contributed by atoms with E-state index < -0.39 is 97.5 Å². The molecule has 0 aliphatic rings. The fourth-order valence-corrected chi connectivity index (χ4v) is 15.9. The molecule has 0 aromatic carbocycles. The molecule has 5 atom stereocenters. The summed E-state index contributed by atoms with van der Waals surface area (Å²) in [4.78, 5) is 73.4. The molecule has 0 bridgehead atoms. The molecule has 3 N–H and O–H groups in total. The summed E-state index contributed by atoms with van der Waals surface area (Å²) in [5.41, 5.74) is 0. The number of carbonyl (C=O) groups is 4. The standard InChI is InChI=1S/C91H178O17P2/c1-6-9-12-15-18-21-24-26-28-30-32-34-35-37-39-41-46-51-56-61-66-71-76-90(95)108-87(81-102-89(94)75-70-65-60-55-50-45-40-38-36-33-31-29-27-25-22-19-16-13-10-7-2)83-106-110(99,100)104-79-85(92)78-103-109(97,98)105-82-86(80-101-88(93)74-69-64-59-54-48-23-20-17-14-11-8-3)107-91(96)77-72-67-62-57-52-47-43-42-44-49-53-58-63-68-73-84(4)5/h84-87,92H,6-83H2,1-5H3,(H,97,98)(H,99,100)/t85-,86+,87+/m0/s1. The van der Waals surface area contributed by atoms with Crippen LogP contribution in [0.15, 0.2) is 0 Å². The molecule has 110 heavy (non-hydrogen) atoms. The second kappa shape index (κ2) is 83.5. The molecule has 17 nitrogen and oxygen atoms in total. The normalized spacial score (nSPS) is 13.7. The molecule has 0 aromatic heterocycles. The summed E-state index contributed by atoms with van der Waals surface area (Å²) < 4.78 is 69.1. The molecule has 0 amide bonds. The highest BCUT2D eigenvalue weighted by atomic mass is 31.2. The molecular formula is C91H178O17P2. The fourth-order valence-electron chi connectivity index (χ4n) is 14.4. The average molecular weight is 1610 g/mol. The minimum atomic E-state index is -4.97. The van der Waals surface area contributed by atoms with E-state index in [1.165, 1.54) is 321 Å². The van der Waals surface area contributed by atoms with Crippen molar-refractivity contribution in [3.63, 3.8) is 0 Å². The predicted octanol–water partition coefficient (Wildman–Crippen LogP) is 28.3. The van der Waals surface area contributed by atoms with Gasteiger partial charge >= 0.3 is 39.5 Å². The van der Waals surface area contributed by atoms with Gasteiger partial charge in [-0.25, -0.2) is 9.13 Å². The number of ether oxygens (including phenoxy) is 4. The lowest BCUT2D eigenvalue weighted by atomic mass is 10.0. The Kier molecular flexibility index (Phi) is 82.1. The summed E-state index contributed by atoms with van der Waals surface area (Å²) in [5, 5.41) is 10.7. The number of phosphoric acid groups is 2. The van der Waals surface area contributed by atoms with E-state index in [-0.39, 0.29) is 25.7 Å². The van der Waals surface area contributed by atoms with Crippen molar-refractivity contribution in [2.75, 3.05) is 39.6 Å². The van der Waals surface area contributed by atoms with Crippen LogP contribution in [0.25, 0.3) is 0 Å². The first kappa shape index (κ1) is 108. The third-order valence-electron chi connectivity index (χ3n) is 21.5. The fraction of sp³-hybridized carbons (Fsp3) is 0.956. The van der Waals surface area contributed by atoms with Crippen molar-refractivity contribution in [2.45, 2.75) is 515 Å². The molecule has 654 valence electrons. The average Bonchev–Trinajstić information content (AvgIpc) is 0.900. The van der Waals surface area contributed by atoms with E-state index in [4.69, 9.17) is 37.0 Å². The van der Waals surface area contributed by atoms with Crippen molar-refractivity contribution >= 4 is 39.5 Å². The van der Waals surface area contributed by atoms with Crippen LogP contribution in [0.5, 0.6) is 0 Å². The number of phosphoric ester groups is 2. The van der Waals surface area contributed by atoms with Crippen molar-refractivity contribution in [3.05, 3.63) is 0 Å². The summed E-state index contributed by atoms with van der Waals surface area (Å²) in [6.45, 7) is 7.41. The molecule has 0 aliphatic carbocycles. The third-order valence-corrected chi connectivity index (χ3v) is 23.4. The molecule has 0 rings (SSSR count). The smallest absolute Gasteiger partial charge is 0.462 e. The van der Waals surface area contributed by atoms with Gasteiger partial charge in [0.05, 0.1) is 26.4 Å². The number of unbranched alkanes of at least 4 members (excludes halogenated alkanes) is 63. The van der Waals surface area contributed by atoms with Gasteiger partial charge in [-0.15, -0.1) is 0 Å². The Hall–Kier alpha value is -1.94. The summed E-state index contributed by atoms with van der Waals surface area (Å²) in [6, 6.07) is 0. The monoisotopic (exact) mass is 1610 g/mol. The Morgan fingerprint density at radius 1 is 0.245 bits per heavy atom. The highest BCUT2D eigenvalue weighted by Gasteiger charge is 2.31. The van der Waals surface area contributed by atoms with E-state index in [2.05, 4.69) is 34.6 Å². The molecule has 0 saturated heterocycles. The molecular weight excluding hydrogens is 1430 g/mol. The maximum absolute atomic E-state index is 13.2. The van der Waals surface area contributed by atoms with Gasteiger partial charge in [0.2, 0.25) is 0 Å². The quantitative estimate of drug-likeness (QED) is 0.0222. The number of esters is 4. The van der Waals surface area contributed by atoms with Crippen molar-refractivity contribution in [3.8, 4) is 0 Å². The van der Waals surface area contributed by atoms with Crippen LogP contribution in [-0.4, -0.2) is 96.7 Å².